The van der Waals surface area contributed by atoms with E-state index in [0.717, 1.165) is 27.8 Å². The predicted molar refractivity (Wildman–Crippen MR) is 113 cm³/mol. The molecule has 5 heteroatoms. The van der Waals surface area contributed by atoms with E-state index in [4.69, 9.17) is 9.47 Å². The molecule has 3 aromatic rings. The summed E-state index contributed by atoms with van der Waals surface area (Å²) in [5.41, 5.74) is 1.86. The highest BCUT2D eigenvalue weighted by Crippen LogP contribution is 2.28. The van der Waals surface area contributed by atoms with Crippen LogP contribution in [0.3, 0.4) is 0 Å². The molecule has 5 nitrogen and oxygen atoms in total. The van der Waals surface area contributed by atoms with Crippen LogP contribution in [0.15, 0.2) is 60.7 Å². The summed E-state index contributed by atoms with van der Waals surface area (Å²) in [5, 5.41) is 5.24. The number of anilines is 1. The van der Waals surface area contributed by atoms with Gasteiger partial charge in [-0.3, -0.25) is 9.69 Å². The predicted octanol–water partition coefficient (Wildman–Crippen LogP) is 4.32. The SMILES string of the molecule is CCOc1ccc(CN(C)CC(=O)Nc2ccc3ccccc3c2)cc1OC. The maximum absolute atomic E-state index is 12.4. The zero-order valence-corrected chi connectivity index (χ0v) is 16.6. The molecule has 0 saturated carbocycles. The first-order valence-corrected chi connectivity index (χ1v) is 9.36. The second-order valence-corrected chi connectivity index (χ2v) is 6.70. The molecule has 3 rings (SSSR count). The molecular formula is C23H26N2O3. The van der Waals surface area contributed by atoms with Crippen LogP contribution in [0.4, 0.5) is 5.69 Å². The maximum Gasteiger partial charge on any atom is 0.238 e. The summed E-state index contributed by atoms with van der Waals surface area (Å²) >= 11 is 0. The monoisotopic (exact) mass is 378 g/mol. The van der Waals surface area contributed by atoms with Gasteiger partial charge in [-0.25, -0.2) is 0 Å². The van der Waals surface area contributed by atoms with Crippen LogP contribution < -0.4 is 14.8 Å². The fraction of sp³-hybridized carbons (Fsp3) is 0.261. The number of benzene rings is 3. The van der Waals surface area contributed by atoms with Crippen molar-refractivity contribution in [1.29, 1.82) is 0 Å². The Bertz CT molecular complexity index is 955. The largest absolute Gasteiger partial charge is 0.493 e. The highest BCUT2D eigenvalue weighted by molar-refractivity contribution is 5.95. The number of nitrogens with one attached hydrogen (secondary N) is 1. The molecule has 0 radical (unpaired) electrons. The topological polar surface area (TPSA) is 50.8 Å². The average Bonchev–Trinajstić information content (AvgIpc) is 2.69. The van der Waals surface area contributed by atoms with Crippen molar-refractivity contribution < 1.29 is 14.3 Å². The highest BCUT2D eigenvalue weighted by Gasteiger charge is 2.10. The van der Waals surface area contributed by atoms with Gasteiger partial charge < -0.3 is 14.8 Å². The van der Waals surface area contributed by atoms with Crippen LogP contribution in [0.25, 0.3) is 10.8 Å². The molecular weight excluding hydrogens is 352 g/mol. The molecule has 28 heavy (non-hydrogen) atoms. The number of hydrogen-bond donors (Lipinski definition) is 1. The van der Waals surface area contributed by atoms with Crippen molar-refractivity contribution in [3.63, 3.8) is 0 Å². The fourth-order valence-electron chi connectivity index (χ4n) is 3.17. The van der Waals surface area contributed by atoms with Crippen molar-refractivity contribution >= 4 is 22.4 Å². The van der Waals surface area contributed by atoms with Gasteiger partial charge in [-0.2, -0.15) is 0 Å². The summed E-state index contributed by atoms with van der Waals surface area (Å²) in [5.74, 6) is 1.38. The summed E-state index contributed by atoms with van der Waals surface area (Å²) < 4.78 is 10.9. The van der Waals surface area contributed by atoms with E-state index < -0.39 is 0 Å². The lowest BCUT2D eigenvalue weighted by molar-refractivity contribution is -0.117. The lowest BCUT2D eigenvalue weighted by atomic mass is 10.1. The van der Waals surface area contributed by atoms with Gasteiger partial charge >= 0.3 is 0 Å². The normalized spacial score (nSPS) is 10.9. The Balaban J connectivity index is 1.59. The van der Waals surface area contributed by atoms with Gasteiger partial charge in [0.2, 0.25) is 5.91 Å². The first-order chi connectivity index (χ1) is 13.6. The summed E-state index contributed by atoms with van der Waals surface area (Å²) in [6, 6.07) is 19.9. The molecule has 0 aliphatic heterocycles. The average molecular weight is 378 g/mol. The first kappa shape index (κ1) is 19.7. The summed E-state index contributed by atoms with van der Waals surface area (Å²) in [6.07, 6.45) is 0. The molecule has 0 aromatic heterocycles. The third-order valence-corrected chi connectivity index (χ3v) is 4.43. The van der Waals surface area contributed by atoms with E-state index in [0.29, 0.717) is 25.4 Å². The number of fused-ring (bicyclic) bond motifs is 1. The molecule has 1 amide bonds. The maximum atomic E-state index is 12.4. The van der Waals surface area contributed by atoms with Crippen LogP contribution >= 0.6 is 0 Å². The quantitative estimate of drug-likeness (QED) is 0.634. The fourth-order valence-corrected chi connectivity index (χ4v) is 3.17. The number of carbonyl (C=O) groups excluding carboxylic acids is 1. The molecule has 0 bridgehead atoms. The van der Waals surface area contributed by atoms with Gasteiger partial charge in [-0.15, -0.1) is 0 Å². The van der Waals surface area contributed by atoms with Crippen LogP contribution in [0.1, 0.15) is 12.5 Å². The van der Waals surface area contributed by atoms with E-state index in [9.17, 15) is 4.79 Å². The number of likely N-dealkylation sites (N-methyl/N-ethyl adjacent to an activating group) is 1. The highest BCUT2D eigenvalue weighted by atomic mass is 16.5. The minimum atomic E-state index is -0.0457. The zero-order valence-electron chi connectivity index (χ0n) is 16.6. The van der Waals surface area contributed by atoms with Crippen molar-refractivity contribution in [2.24, 2.45) is 0 Å². The van der Waals surface area contributed by atoms with E-state index >= 15 is 0 Å². The van der Waals surface area contributed by atoms with Crippen LogP contribution in [0.2, 0.25) is 0 Å². The summed E-state index contributed by atoms with van der Waals surface area (Å²) in [6.45, 7) is 3.45. The number of methoxy groups -OCH3 is 1. The molecule has 0 aliphatic rings. The number of rotatable bonds is 8. The Labute approximate surface area is 165 Å². The number of hydrogen-bond acceptors (Lipinski definition) is 4. The lowest BCUT2D eigenvalue weighted by Gasteiger charge is -2.18. The van der Waals surface area contributed by atoms with Gasteiger partial charge in [-0.1, -0.05) is 36.4 Å². The van der Waals surface area contributed by atoms with Gasteiger partial charge in [0.1, 0.15) is 0 Å². The number of nitrogens with zero attached hydrogens (tertiary/aromatic N) is 1. The molecule has 0 saturated heterocycles. The van der Waals surface area contributed by atoms with Crippen LogP contribution in [0.5, 0.6) is 11.5 Å². The Morgan fingerprint density at radius 2 is 1.79 bits per heavy atom. The van der Waals surface area contributed by atoms with Gasteiger partial charge in [0.05, 0.1) is 20.3 Å². The van der Waals surface area contributed by atoms with Crippen LogP contribution in [-0.4, -0.2) is 38.1 Å². The molecule has 0 unspecified atom stereocenters. The van der Waals surface area contributed by atoms with E-state index in [-0.39, 0.29) is 5.91 Å². The van der Waals surface area contributed by atoms with Crippen molar-refractivity contribution in [2.75, 3.05) is 32.6 Å². The Hall–Kier alpha value is -3.05. The second-order valence-electron chi connectivity index (χ2n) is 6.70. The summed E-state index contributed by atoms with van der Waals surface area (Å²) in [4.78, 5) is 14.4. The minimum Gasteiger partial charge on any atom is -0.493 e. The zero-order chi connectivity index (χ0) is 19.9. The van der Waals surface area contributed by atoms with E-state index in [1.807, 2.05) is 73.5 Å². The molecule has 146 valence electrons. The molecule has 0 heterocycles. The van der Waals surface area contributed by atoms with Gasteiger partial charge in [0.25, 0.3) is 0 Å². The van der Waals surface area contributed by atoms with Crippen molar-refractivity contribution in [1.82, 2.24) is 4.90 Å². The van der Waals surface area contributed by atoms with Gasteiger partial charge in [-0.05, 0) is 54.6 Å². The van der Waals surface area contributed by atoms with Crippen LogP contribution in [0, 0.1) is 0 Å². The molecule has 0 spiro atoms. The standard InChI is InChI=1S/C23H26N2O3/c1-4-28-21-12-9-17(13-22(21)27-3)15-25(2)16-23(26)24-20-11-10-18-7-5-6-8-19(18)14-20/h5-14H,4,15-16H2,1-3H3,(H,24,26). The van der Waals surface area contributed by atoms with Gasteiger partial charge in [0.15, 0.2) is 11.5 Å². The smallest absolute Gasteiger partial charge is 0.238 e. The molecule has 0 aliphatic carbocycles. The lowest BCUT2D eigenvalue weighted by Crippen LogP contribution is -2.29. The Morgan fingerprint density at radius 3 is 2.54 bits per heavy atom. The van der Waals surface area contributed by atoms with Crippen molar-refractivity contribution in [3.05, 3.63) is 66.2 Å². The number of ether oxygens (including phenoxy) is 2. The van der Waals surface area contributed by atoms with Crippen LogP contribution in [-0.2, 0) is 11.3 Å². The minimum absolute atomic E-state index is 0.0457. The third-order valence-electron chi connectivity index (χ3n) is 4.43. The Kier molecular flexibility index (Phi) is 6.50. The number of carbonyl (C=O) groups is 1. The molecule has 0 atom stereocenters. The Morgan fingerprint density at radius 1 is 1.00 bits per heavy atom. The molecule has 1 N–H and O–H groups in total. The van der Waals surface area contributed by atoms with Gasteiger partial charge in [0, 0.05) is 12.2 Å². The van der Waals surface area contributed by atoms with Crippen molar-refractivity contribution in [3.8, 4) is 11.5 Å². The second kappa shape index (κ2) is 9.24. The van der Waals surface area contributed by atoms with E-state index in [2.05, 4.69) is 11.4 Å². The number of amides is 1. The third kappa shape index (κ3) is 5.02. The molecule has 0 fully saturated rings. The first-order valence-electron chi connectivity index (χ1n) is 9.36. The van der Waals surface area contributed by atoms with E-state index in [1.54, 1.807) is 7.11 Å². The molecule has 3 aromatic carbocycles. The van der Waals surface area contributed by atoms with E-state index in [1.165, 1.54) is 0 Å². The summed E-state index contributed by atoms with van der Waals surface area (Å²) in [7, 11) is 3.55. The van der Waals surface area contributed by atoms with Crippen molar-refractivity contribution in [2.45, 2.75) is 13.5 Å².